The van der Waals surface area contributed by atoms with Gasteiger partial charge in [-0.25, -0.2) is 4.57 Å². The zero-order chi connectivity index (χ0) is 8.55. The number of nitrogens with zero attached hydrogens (tertiary/aromatic N) is 2. The van der Waals surface area contributed by atoms with E-state index < -0.39 is 0 Å². The Hall–Kier alpha value is -1.38. The molecular weight excluding hydrogens is 152 g/mol. The molecule has 0 aliphatic heterocycles. The molecule has 0 atom stereocenters. The molecule has 2 aromatic heterocycles. The second-order valence-corrected chi connectivity index (χ2v) is 3.05. The van der Waals surface area contributed by atoms with Gasteiger partial charge in [-0.1, -0.05) is 0 Å². The largest absolute Gasteiger partial charge is 0.417 e. The van der Waals surface area contributed by atoms with Crippen molar-refractivity contribution >= 4 is 11.2 Å². The highest BCUT2D eigenvalue weighted by atomic mass is 16.3. The number of aromatic nitrogens is 2. The zero-order valence-electron chi connectivity index (χ0n) is 7.19. The first-order valence-corrected chi connectivity index (χ1v) is 4.02. The summed E-state index contributed by atoms with van der Waals surface area (Å²) in [5.74, 6) is 0. The maximum atomic E-state index is 5.18. The highest BCUT2D eigenvalue weighted by Crippen LogP contribution is 2.07. The summed E-state index contributed by atoms with van der Waals surface area (Å²) in [6.45, 7) is 4.24. The molecule has 0 fully saturated rings. The highest BCUT2D eigenvalue weighted by molar-refractivity contribution is 5.62. The second-order valence-electron chi connectivity index (χ2n) is 3.05. The number of hydrogen-bond donors (Lipinski definition) is 0. The minimum absolute atomic E-state index is 0.416. The number of oxazole rings is 1. The molecule has 0 bridgehead atoms. The topological polar surface area (TPSA) is 29.9 Å². The van der Waals surface area contributed by atoms with E-state index in [1.54, 1.807) is 0 Å². The van der Waals surface area contributed by atoms with Crippen molar-refractivity contribution in [3.63, 3.8) is 0 Å². The molecule has 0 N–H and O–H groups in total. The van der Waals surface area contributed by atoms with Crippen LogP contribution in [0.4, 0.5) is 0 Å². The third-order valence-electron chi connectivity index (χ3n) is 1.87. The Balaban J connectivity index is 2.73. The third kappa shape index (κ3) is 0.978. The Kier molecular flexibility index (Phi) is 1.57. The summed E-state index contributed by atoms with van der Waals surface area (Å²) in [6.07, 6.45) is 3.49. The third-order valence-corrected chi connectivity index (χ3v) is 1.87. The molecule has 62 valence electrons. The molecule has 2 aromatic rings. The van der Waals surface area contributed by atoms with Crippen LogP contribution in [0.15, 0.2) is 29.1 Å². The number of fused-ring (bicyclic) bond motifs is 1. The van der Waals surface area contributed by atoms with Gasteiger partial charge in [0.05, 0.1) is 12.2 Å². The Morgan fingerprint density at radius 2 is 2.33 bits per heavy atom. The van der Waals surface area contributed by atoms with Gasteiger partial charge in [-0.15, -0.1) is 0 Å². The lowest BCUT2D eigenvalue weighted by Gasteiger charge is -2.01. The summed E-state index contributed by atoms with van der Waals surface area (Å²) in [5, 5.41) is 0. The molecule has 3 nitrogen and oxygen atoms in total. The fourth-order valence-electron chi connectivity index (χ4n) is 1.27. The predicted molar refractivity (Wildman–Crippen MR) is 44.6 cm³/mol. The molecule has 12 heavy (non-hydrogen) atoms. The molecule has 2 rings (SSSR count). The molecule has 2 heterocycles. The number of rotatable bonds is 1. The van der Waals surface area contributed by atoms with E-state index in [0.29, 0.717) is 6.04 Å². The summed E-state index contributed by atoms with van der Waals surface area (Å²) in [6, 6.07) is 4.30. The first-order chi connectivity index (χ1) is 5.79. The van der Waals surface area contributed by atoms with E-state index in [1.807, 2.05) is 18.3 Å². The van der Waals surface area contributed by atoms with Crippen LogP contribution in [-0.4, -0.2) is 4.98 Å². The molecule has 0 aliphatic carbocycles. The quantitative estimate of drug-likeness (QED) is 0.599. The minimum Gasteiger partial charge on any atom is -0.417 e. The molecule has 0 amide bonds. The Morgan fingerprint density at radius 3 is 3.08 bits per heavy atom. The summed E-state index contributed by atoms with van der Waals surface area (Å²) in [7, 11) is 0. The molecule has 0 spiro atoms. The van der Waals surface area contributed by atoms with Crippen molar-refractivity contribution in [1.29, 1.82) is 0 Å². The van der Waals surface area contributed by atoms with Gasteiger partial charge in [0.25, 0.3) is 6.39 Å². The van der Waals surface area contributed by atoms with E-state index in [9.17, 15) is 0 Å². The Labute approximate surface area is 70.7 Å². The van der Waals surface area contributed by atoms with Crippen LogP contribution in [0.5, 0.6) is 0 Å². The summed E-state index contributed by atoms with van der Waals surface area (Å²) in [4.78, 5) is 4.14. The molecule has 3 heteroatoms. The first kappa shape index (κ1) is 7.28. The van der Waals surface area contributed by atoms with Crippen molar-refractivity contribution < 1.29 is 8.98 Å². The molecule has 0 saturated carbocycles. The van der Waals surface area contributed by atoms with E-state index in [1.165, 1.54) is 6.39 Å². The number of pyridine rings is 1. The van der Waals surface area contributed by atoms with Gasteiger partial charge in [0.2, 0.25) is 5.58 Å². The van der Waals surface area contributed by atoms with E-state index >= 15 is 0 Å². The van der Waals surface area contributed by atoms with E-state index in [-0.39, 0.29) is 0 Å². The maximum Gasteiger partial charge on any atom is 0.370 e. The smallest absolute Gasteiger partial charge is 0.370 e. The Bertz CT molecular complexity index is 392. The van der Waals surface area contributed by atoms with Crippen LogP contribution < -0.4 is 4.57 Å². The fourth-order valence-corrected chi connectivity index (χ4v) is 1.27. The van der Waals surface area contributed by atoms with Crippen LogP contribution in [0, 0.1) is 0 Å². The van der Waals surface area contributed by atoms with E-state index in [4.69, 9.17) is 4.42 Å². The van der Waals surface area contributed by atoms with E-state index in [0.717, 1.165) is 11.2 Å². The lowest BCUT2D eigenvalue weighted by atomic mass is 10.3. The van der Waals surface area contributed by atoms with E-state index in [2.05, 4.69) is 23.4 Å². The average molecular weight is 163 g/mol. The van der Waals surface area contributed by atoms with Crippen LogP contribution in [0.2, 0.25) is 0 Å². The molecule has 0 saturated heterocycles. The molecule has 0 aromatic carbocycles. The van der Waals surface area contributed by atoms with Gasteiger partial charge in [-0.05, 0) is 31.0 Å². The van der Waals surface area contributed by atoms with Crippen molar-refractivity contribution in [2.24, 2.45) is 0 Å². The second kappa shape index (κ2) is 2.59. The van der Waals surface area contributed by atoms with Crippen molar-refractivity contribution in [1.82, 2.24) is 4.98 Å². The first-order valence-electron chi connectivity index (χ1n) is 4.02. The summed E-state index contributed by atoms with van der Waals surface area (Å²) in [5.41, 5.74) is 1.75. The zero-order valence-corrected chi connectivity index (χ0v) is 7.19. The number of hydrogen-bond acceptors (Lipinski definition) is 2. The van der Waals surface area contributed by atoms with Crippen LogP contribution in [0.1, 0.15) is 19.9 Å². The van der Waals surface area contributed by atoms with Gasteiger partial charge in [0.15, 0.2) is 0 Å². The van der Waals surface area contributed by atoms with Crippen molar-refractivity contribution in [3.05, 3.63) is 24.7 Å². The maximum absolute atomic E-state index is 5.18. The molecular formula is C9H11N2O+. The Morgan fingerprint density at radius 1 is 1.50 bits per heavy atom. The van der Waals surface area contributed by atoms with Gasteiger partial charge in [0, 0.05) is 0 Å². The lowest BCUT2D eigenvalue weighted by molar-refractivity contribution is -0.693. The van der Waals surface area contributed by atoms with Gasteiger partial charge in [-0.2, -0.15) is 0 Å². The summed E-state index contributed by atoms with van der Waals surface area (Å²) >= 11 is 0. The normalized spacial score (nSPS) is 11.2. The SMILES string of the molecule is CC(C)[n+]1cccc2ocnc21. The van der Waals surface area contributed by atoms with Crippen LogP contribution >= 0.6 is 0 Å². The van der Waals surface area contributed by atoms with Crippen LogP contribution in [-0.2, 0) is 0 Å². The van der Waals surface area contributed by atoms with Crippen LogP contribution in [0.25, 0.3) is 11.2 Å². The minimum atomic E-state index is 0.416. The molecule has 0 radical (unpaired) electrons. The van der Waals surface area contributed by atoms with Gasteiger partial charge < -0.3 is 4.42 Å². The standard InChI is InChI=1S/C9H11N2O/c1-7(2)11-5-3-4-8-9(11)10-6-12-8/h3-7H,1-2H3/q+1. The highest BCUT2D eigenvalue weighted by Gasteiger charge is 2.13. The molecule has 0 unspecified atom stereocenters. The summed E-state index contributed by atoms with van der Waals surface area (Å²) < 4.78 is 7.26. The average Bonchev–Trinajstić information content (AvgIpc) is 2.49. The monoisotopic (exact) mass is 163 g/mol. The van der Waals surface area contributed by atoms with Crippen LogP contribution in [0.3, 0.4) is 0 Å². The van der Waals surface area contributed by atoms with Crippen molar-refractivity contribution in [2.75, 3.05) is 0 Å². The lowest BCUT2D eigenvalue weighted by Crippen LogP contribution is -2.36. The van der Waals surface area contributed by atoms with Gasteiger partial charge in [-0.3, -0.25) is 0 Å². The van der Waals surface area contributed by atoms with Gasteiger partial charge in [0.1, 0.15) is 0 Å². The van der Waals surface area contributed by atoms with Crippen molar-refractivity contribution in [3.8, 4) is 0 Å². The predicted octanol–water partition coefficient (Wildman–Crippen LogP) is 1.70. The van der Waals surface area contributed by atoms with Gasteiger partial charge >= 0.3 is 5.65 Å². The van der Waals surface area contributed by atoms with Crippen molar-refractivity contribution in [2.45, 2.75) is 19.9 Å². The molecule has 0 aliphatic rings. The fraction of sp³-hybridized carbons (Fsp3) is 0.333.